The van der Waals surface area contributed by atoms with Crippen LogP contribution >= 0.6 is 0 Å². The Bertz CT molecular complexity index is 1720. The molecule has 4 aromatic carbocycles. The van der Waals surface area contributed by atoms with Crippen LogP contribution in [0.5, 0.6) is 5.75 Å². The number of aromatic nitrogens is 1. The molecule has 212 valence electrons. The zero-order valence-electron chi connectivity index (χ0n) is 23.8. The number of rotatable bonds is 11. The summed E-state index contributed by atoms with van der Waals surface area (Å²) < 4.78 is 8.02. The van der Waals surface area contributed by atoms with Crippen molar-refractivity contribution in [3.63, 3.8) is 0 Å². The smallest absolute Gasteiger partial charge is 0.303 e. The van der Waals surface area contributed by atoms with Crippen molar-refractivity contribution in [2.75, 3.05) is 11.9 Å². The van der Waals surface area contributed by atoms with E-state index in [1.165, 1.54) is 16.7 Å². The Labute approximate surface area is 245 Å². The van der Waals surface area contributed by atoms with Gasteiger partial charge in [0.2, 0.25) is 5.91 Å². The number of carbonyl (C=O) groups is 2. The Morgan fingerprint density at radius 3 is 2.38 bits per heavy atom. The summed E-state index contributed by atoms with van der Waals surface area (Å²) in [5, 5.41) is 12.8. The number of allylic oxidation sites excluding steroid dienone is 1. The number of carboxylic acids is 1. The molecule has 0 spiro atoms. The second-order valence-electron chi connectivity index (χ2n) is 10.4. The van der Waals surface area contributed by atoms with Crippen molar-refractivity contribution in [1.29, 1.82) is 0 Å². The van der Waals surface area contributed by atoms with E-state index in [0.717, 1.165) is 22.0 Å². The number of benzene rings is 4. The molecule has 1 aromatic heterocycles. The standard InChI is InChI=1S/C36H34N2O4/c1-25-14-16-28(17-15-25)36(27-9-4-3-5-10-27)38-21-20-30-24-29(18-19-32(30)38)26(2)23-34(39)37-31-11-6-7-12-33(31)42-22-8-13-35(40)41/h3-7,9-12,14-21,23-24,36H,8,13,22H2,1-2H3,(H,37,39)(H,40,41). The Morgan fingerprint density at radius 1 is 0.905 bits per heavy atom. The Hall–Kier alpha value is -5.10. The molecule has 0 radical (unpaired) electrons. The molecule has 0 bridgehead atoms. The molecule has 5 aromatic rings. The minimum atomic E-state index is -0.863. The average molecular weight is 559 g/mol. The van der Waals surface area contributed by atoms with Crippen LogP contribution in [0.4, 0.5) is 5.69 Å². The van der Waals surface area contributed by atoms with Crippen molar-refractivity contribution in [1.82, 2.24) is 4.57 Å². The maximum atomic E-state index is 12.9. The number of fused-ring (bicyclic) bond motifs is 1. The van der Waals surface area contributed by atoms with Crippen LogP contribution in [0.3, 0.4) is 0 Å². The summed E-state index contributed by atoms with van der Waals surface area (Å²) in [5.74, 6) is -0.625. The highest BCUT2D eigenvalue weighted by atomic mass is 16.5. The second-order valence-corrected chi connectivity index (χ2v) is 10.4. The highest BCUT2D eigenvalue weighted by Gasteiger charge is 2.18. The number of carboxylic acid groups (broad SMARTS) is 1. The normalized spacial score (nSPS) is 12.2. The maximum absolute atomic E-state index is 12.9. The van der Waals surface area contributed by atoms with Crippen LogP contribution in [-0.2, 0) is 9.59 Å². The number of nitrogens with zero attached hydrogens (tertiary/aromatic N) is 1. The van der Waals surface area contributed by atoms with Crippen LogP contribution < -0.4 is 10.1 Å². The lowest BCUT2D eigenvalue weighted by Gasteiger charge is -2.22. The van der Waals surface area contributed by atoms with Gasteiger partial charge in [-0.3, -0.25) is 9.59 Å². The Morgan fingerprint density at radius 2 is 1.62 bits per heavy atom. The van der Waals surface area contributed by atoms with Gasteiger partial charge >= 0.3 is 5.97 Å². The average Bonchev–Trinajstić information content (AvgIpc) is 3.40. The third-order valence-electron chi connectivity index (χ3n) is 7.25. The van der Waals surface area contributed by atoms with Gasteiger partial charge in [-0.15, -0.1) is 0 Å². The van der Waals surface area contributed by atoms with Gasteiger partial charge in [-0.25, -0.2) is 0 Å². The van der Waals surface area contributed by atoms with E-state index in [1.54, 1.807) is 18.2 Å². The van der Waals surface area contributed by atoms with Gasteiger partial charge in [0.1, 0.15) is 5.75 Å². The topological polar surface area (TPSA) is 80.6 Å². The molecule has 0 aliphatic heterocycles. The molecule has 1 amide bonds. The zero-order valence-corrected chi connectivity index (χ0v) is 23.8. The van der Waals surface area contributed by atoms with Gasteiger partial charge in [0, 0.05) is 29.6 Å². The van der Waals surface area contributed by atoms with Crippen molar-refractivity contribution in [2.24, 2.45) is 0 Å². The first-order valence-corrected chi connectivity index (χ1v) is 14.0. The molecule has 0 saturated heterocycles. The van der Waals surface area contributed by atoms with Gasteiger partial charge in [-0.2, -0.15) is 0 Å². The quantitative estimate of drug-likeness (QED) is 0.128. The first kappa shape index (κ1) is 28.4. The van der Waals surface area contributed by atoms with E-state index in [0.29, 0.717) is 17.9 Å². The van der Waals surface area contributed by atoms with Gasteiger partial charge in [0.05, 0.1) is 18.3 Å². The fourth-order valence-electron chi connectivity index (χ4n) is 5.08. The fourth-order valence-corrected chi connectivity index (χ4v) is 5.08. The minimum absolute atomic E-state index is 0.0308. The number of hydrogen-bond donors (Lipinski definition) is 2. The van der Waals surface area contributed by atoms with E-state index < -0.39 is 5.97 Å². The van der Waals surface area contributed by atoms with Crippen LogP contribution in [-0.4, -0.2) is 28.2 Å². The van der Waals surface area contributed by atoms with Crippen molar-refractivity contribution >= 4 is 34.0 Å². The van der Waals surface area contributed by atoms with Gasteiger partial charge in [0.25, 0.3) is 0 Å². The van der Waals surface area contributed by atoms with Crippen LogP contribution in [0, 0.1) is 6.92 Å². The predicted molar refractivity (Wildman–Crippen MR) is 168 cm³/mol. The molecule has 1 heterocycles. The van der Waals surface area contributed by atoms with E-state index in [9.17, 15) is 9.59 Å². The summed E-state index contributed by atoms with van der Waals surface area (Å²) >= 11 is 0. The summed E-state index contributed by atoms with van der Waals surface area (Å²) in [7, 11) is 0. The summed E-state index contributed by atoms with van der Waals surface area (Å²) in [6.45, 7) is 4.27. The zero-order chi connectivity index (χ0) is 29.5. The lowest BCUT2D eigenvalue weighted by atomic mass is 9.97. The second kappa shape index (κ2) is 13.0. The van der Waals surface area contributed by atoms with E-state index in [-0.39, 0.29) is 25.0 Å². The fraction of sp³-hybridized carbons (Fsp3) is 0.167. The lowest BCUT2D eigenvalue weighted by Crippen LogP contribution is -2.11. The van der Waals surface area contributed by atoms with Gasteiger partial charge in [-0.05, 0) is 72.9 Å². The molecule has 6 heteroatoms. The SMILES string of the molecule is CC(=CC(=O)Nc1ccccc1OCCCC(=O)O)c1ccc2c(ccn2C(c2ccccc2)c2ccc(C)cc2)c1. The first-order valence-electron chi connectivity index (χ1n) is 14.0. The number of amides is 1. The molecule has 0 aliphatic rings. The molecule has 0 aliphatic carbocycles. The number of nitrogens with one attached hydrogen (secondary N) is 1. The van der Waals surface area contributed by atoms with E-state index in [4.69, 9.17) is 9.84 Å². The van der Waals surface area contributed by atoms with Crippen molar-refractivity contribution in [2.45, 2.75) is 32.7 Å². The van der Waals surface area contributed by atoms with E-state index >= 15 is 0 Å². The highest BCUT2D eigenvalue weighted by molar-refractivity contribution is 6.05. The largest absolute Gasteiger partial charge is 0.491 e. The molecular weight excluding hydrogens is 524 g/mol. The predicted octanol–water partition coefficient (Wildman–Crippen LogP) is 7.87. The number of aryl methyl sites for hydroxylation is 1. The molecule has 1 atom stereocenters. The van der Waals surface area contributed by atoms with Crippen molar-refractivity contribution < 1.29 is 19.4 Å². The number of hydrogen-bond acceptors (Lipinski definition) is 3. The van der Waals surface area contributed by atoms with E-state index in [2.05, 4.69) is 95.8 Å². The molecule has 42 heavy (non-hydrogen) atoms. The van der Waals surface area contributed by atoms with Gasteiger partial charge < -0.3 is 19.7 Å². The molecule has 2 N–H and O–H groups in total. The summed E-state index contributed by atoms with van der Waals surface area (Å²) in [6, 6.07) is 34.8. The van der Waals surface area contributed by atoms with Crippen LogP contribution in [0.1, 0.15) is 48.1 Å². The molecule has 5 rings (SSSR count). The van der Waals surface area contributed by atoms with Gasteiger partial charge in [0.15, 0.2) is 0 Å². The highest BCUT2D eigenvalue weighted by Crippen LogP contribution is 2.32. The molecule has 1 unspecified atom stereocenters. The Kier molecular flexibility index (Phi) is 8.83. The third-order valence-corrected chi connectivity index (χ3v) is 7.25. The van der Waals surface area contributed by atoms with Gasteiger partial charge in [-0.1, -0.05) is 78.4 Å². The minimum Gasteiger partial charge on any atom is -0.491 e. The first-order chi connectivity index (χ1) is 20.4. The number of anilines is 1. The van der Waals surface area contributed by atoms with Crippen LogP contribution in [0.2, 0.25) is 0 Å². The number of para-hydroxylation sites is 2. The van der Waals surface area contributed by atoms with Crippen molar-refractivity contribution in [3.8, 4) is 5.75 Å². The number of aliphatic carboxylic acids is 1. The van der Waals surface area contributed by atoms with Crippen LogP contribution in [0.25, 0.3) is 16.5 Å². The molecular formula is C36H34N2O4. The molecule has 6 nitrogen and oxygen atoms in total. The maximum Gasteiger partial charge on any atom is 0.303 e. The molecule has 0 saturated carbocycles. The van der Waals surface area contributed by atoms with Crippen molar-refractivity contribution in [3.05, 3.63) is 138 Å². The summed E-state index contributed by atoms with van der Waals surface area (Å²) in [4.78, 5) is 23.7. The van der Waals surface area contributed by atoms with E-state index in [1.807, 2.05) is 25.1 Å². The monoisotopic (exact) mass is 558 g/mol. The summed E-state index contributed by atoms with van der Waals surface area (Å²) in [6.07, 6.45) is 4.13. The number of carbonyl (C=O) groups excluding carboxylic acids is 1. The lowest BCUT2D eigenvalue weighted by molar-refractivity contribution is -0.137. The molecule has 0 fully saturated rings. The van der Waals surface area contributed by atoms with Crippen LogP contribution in [0.15, 0.2) is 115 Å². The third kappa shape index (κ3) is 6.78. The number of ether oxygens (including phenoxy) is 1. The Balaban J connectivity index is 1.36. The summed E-state index contributed by atoms with van der Waals surface area (Å²) in [5.41, 5.74) is 7.09.